The van der Waals surface area contributed by atoms with E-state index in [0.717, 1.165) is 0 Å². The molecule has 0 aliphatic carbocycles. The highest BCUT2D eigenvalue weighted by Gasteiger charge is 2.20. The molecule has 0 atom stereocenters. The van der Waals surface area contributed by atoms with Gasteiger partial charge in [0.1, 0.15) is 18.1 Å². The lowest BCUT2D eigenvalue weighted by Gasteiger charge is -2.13. The number of hydrogen-bond acceptors (Lipinski definition) is 7. The van der Waals surface area contributed by atoms with E-state index in [4.69, 9.17) is 9.47 Å². The van der Waals surface area contributed by atoms with Gasteiger partial charge in [-0.25, -0.2) is 9.78 Å². The van der Waals surface area contributed by atoms with Crippen molar-refractivity contribution in [2.24, 2.45) is 0 Å². The molecule has 0 bridgehead atoms. The zero-order valence-electron chi connectivity index (χ0n) is 14.8. The third-order valence-electron chi connectivity index (χ3n) is 3.80. The number of rotatable bonds is 5. The van der Waals surface area contributed by atoms with Gasteiger partial charge >= 0.3 is 11.9 Å². The zero-order valence-corrected chi connectivity index (χ0v) is 14.8. The number of aromatic nitrogens is 1. The van der Waals surface area contributed by atoms with Crippen molar-refractivity contribution in [2.45, 2.75) is 13.5 Å². The van der Waals surface area contributed by atoms with Crippen LogP contribution in [-0.4, -0.2) is 29.1 Å². The van der Waals surface area contributed by atoms with Crippen LogP contribution in [0.15, 0.2) is 48.5 Å². The van der Waals surface area contributed by atoms with Crippen LogP contribution in [-0.2, 0) is 20.9 Å². The highest BCUT2D eigenvalue weighted by Crippen LogP contribution is 2.34. The van der Waals surface area contributed by atoms with Crippen molar-refractivity contribution in [2.75, 3.05) is 7.11 Å². The van der Waals surface area contributed by atoms with Gasteiger partial charge < -0.3 is 19.3 Å². The number of nitrogens with zero attached hydrogens (tertiary/aromatic N) is 1. The van der Waals surface area contributed by atoms with Crippen molar-refractivity contribution in [1.82, 2.24) is 4.98 Å². The normalized spacial score (nSPS) is 10.4. The maximum Gasteiger partial charge on any atom is 0.360 e. The van der Waals surface area contributed by atoms with Crippen molar-refractivity contribution >= 4 is 22.7 Å². The van der Waals surface area contributed by atoms with Gasteiger partial charge in [-0.2, -0.15) is 0 Å². The molecule has 0 radical (unpaired) electrons. The van der Waals surface area contributed by atoms with Crippen LogP contribution in [0.5, 0.6) is 17.2 Å². The molecule has 7 heteroatoms. The van der Waals surface area contributed by atoms with Gasteiger partial charge in [-0.1, -0.05) is 18.2 Å². The molecule has 0 fully saturated rings. The molecular formula is C20H17NO6. The minimum Gasteiger partial charge on any atom is -0.505 e. The Hall–Kier alpha value is -3.61. The lowest BCUT2D eigenvalue weighted by atomic mass is 10.1. The Bertz CT molecular complexity index is 1000. The Balaban J connectivity index is 2.10. The number of ether oxygens (including phenoxy) is 3. The summed E-state index contributed by atoms with van der Waals surface area (Å²) in [4.78, 5) is 27.2. The van der Waals surface area contributed by atoms with Crippen molar-refractivity contribution in [3.05, 3.63) is 59.9 Å². The first kappa shape index (κ1) is 18.2. The third kappa shape index (κ3) is 3.98. The zero-order chi connectivity index (χ0) is 19.4. The number of esters is 2. The van der Waals surface area contributed by atoms with E-state index in [2.05, 4.69) is 9.72 Å². The Morgan fingerprint density at radius 3 is 2.44 bits per heavy atom. The smallest absolute Gasteiger partial charge is 0.360 e. The SMILES string of the molecule is COC(=O)c1nc(COC(C)=O)c2ccc(Oc3ccccc3)cc2c1O. The molecule has 0 saturated carbocycles. The van der Waals surface area contributed by atoms with Crippen LogP contribution >= 0.6 is 0 Å². The molecule has 1 N–H and O–H groups in total. The van der Waals surface area contributed by atoms with Crippen molar-refractivity contribution in [1.29, 1.82) is 0 Å². The second kappa shape index (κ2) is 7.74. The van der Waals surface area contributed by atoms with Gasteiger partial charge in [-0.05, 0) is 30.3 Å². The average Bonchev–Trinajstić information content (AvgIpc) is 2.68. The fraction of sp³-hybridized carbons (Fsp3) is 0.150. The van der Waals surface area contributed by atoms with E-state index in [1.54, 1.807) is 30.3 Å². The van der Waals surface area contributed by atoms with Gasteiger partial charge in [0, 0.05) is 17.7 Å². The molecular weight excluding hydrogens is 350 g/mol. The summed E-state index contributed by atoms with van der Waals surface area (Å²) < 4.78 is 15.4. The number of carbonyl (C=O) groups excluding carboxylic acids is 2. The molecule has 7 nitrogen and oxygen atoms in total. The largest absolute Gasteiger partial charge is 0.505 e. The average molecular weight is 367 g/mol. The molecule has 1 heterocycles. The molecule has 0 aliphatic heterocycles. The molecule has 0 unspecified atom stereocenters. The van der Waals surface area contributed by atoms with Crippen molar-refractivity contribution in [3.8, 4) is 17.2 Å². The molecule has 1 aromatic heterocycles. The maximum atomic E-state index is 12.0. The van der Waals surface area contributed by atoms with Gasteiger partial charge in [0.05, 0.1) is 12.8 Å². The number of aromatic hydroxyl groups is 1. The molecule has 0 amide bonds. The van der Waals surface area contributed by atoms with E-state index in [9.17, 15) is 14.7 Å². The third-order valence-corrected chi connectivity index (χ3v) is 3.80. The quantitative estimate of drug-likeness (QED) is 0.689. The number of benzene rings is 2. The van der Waals surface area contributed by atoms with Crippen molar-refractivity contribution < 1.29 is 28.9 Å². The molecule has 2 aromatic carbocycles. The van der Waals surface area contributed by atoms with Crippen LogP contribution < -0.4 is 4.74 Å². The molecule has 3 aromatic rings. The number of carbonyl (C=O) groups is 2. The van der Waals surface area contributed by atoms with Crippen LogP contribution in [0, 0.1) is 0 Å². The molecule has 3 rings (SSSR count). The fourth-order valence-corrected chi connectivity index (χ4v) is 2.55. The number of methoxy groups -OCH3 is 1. The Kier molecular flexibility index (Phi) is 5.21. The first-order chi connectivity index (χ1) is 13.0. The van der Waals surface area contributed by atoms with Crippen LogP contribution in [0.25, 0.3) is 10.8 Å². The lowest BCUT2D eigenvalue weighted by molar-refractivity contribution is -0.142. The summed E-state index contributed by atoms with van der Waals surface area (Å²) in [6.07, 6.45) is 0. The van der Waals surface area contributed by atoms with Crippen LogP contribution in [0.4, 0.5) is 0 Å². The van der Waals surface area contributed by atoms with Crippen LogP contribution in [0.1, 0.15) is 23.1 Å². The van der Waals surface area contributed by atoms with E-state index in [1.807, 2.05) is 18.2 Å². The number of fused-ring (bicyclic) bond motifs is 1. The number of pyridine rings is 1. The molecule has 27 heavy (non-hydrogen) atoms. The Labute approximate surface area is 155 Å². The van der Waals surface area contributed by atoms with Crippen molar-refractivity contribution in [3.63, 3.8) is 0 Å². The minimum absolute atomic E-state index is 0.144. The maximum absolute atomic E-state index is 12.0. The summed E-state index contributed by atoms with van der Waals surface area (Å²) in [6.45, 7) is 1.13. The molecule has 0 aliphatic rings. The van der Waals surface area contributed by atoms with E-state index in [1.165, 1.54) is 14.0 Å². The summed E-state index contributed by atoms with van der Waals surface area (Å²) in [7, 11) is 1.19. The topological polar surface area (TPSA) is 95.0 Å². The van der Waals surface area contributed by atoms with E-state index >= 15 is 0 Å². The number of hydrogen-bond donors (Lipinski definition) is 1. The Morgan fingerprint density at radius 2 is 1.78 bits per heavy atom. The highest BCUT2D eigenvalue weighted by atomic mass is 16.5. The monoisotopic (exact) mass is 367 g/mol. The lowest BCUT2D eigenvalue weighted by Crippen LogP contribution is -2.09. The Morgan fingerprint density at radius 1 is 1.04 bits per heavy atom. The summed E-state index contributed by atoms with van der Waals surface area (Å²) in [5.41, 5.74) is 0.0636. The van der Waals surface area contributed by atoms with Gasteiger partial charge in [0.25, 0.3) is 0 Å². The standard InChI is InChI=1S/C20H17NO6/c1-12(22)26-11-17-15-9-8-14(27-13-6-4-3-5-7-13)10-16(15)19(23)18(21-17)20(24)25-2/h3-10,23H,11H2,1-2H3. The first-order valence-electron chi connectivity index (χ1n) is 8.09. The summed E-state index contributed by atoms with van der Waals surface area (Å²) in [5.74, 6) is -0.528. The van der Waals surface area contributed by atoms with E-state index < -0.39 is 11.9 Å². The first-order valence-corrected chi connectivity index (χ1v) is 8.09. The van der Waals surface area contributed by atoms with Crippen LogP contribution in [0.3, 0.4) is 0 Å². The molecule has 138 valence electrons. The highest BCUT2D eigenvalue weighted by molar-refractivity contribution is 6.00. The van der Waals surface area contributed by atoms with Gasteiger partial charge in [0.15, 0.2) is 11.4 Å². The predicted molar refractivity (Wildman–Crippen MR) is 96.7 cm³/mol. The second-order valence-corrected chi connectivity index (χ2v) is 5.65. The van der Waals surface area contributed by atoms with Gasteiger partial charge in [-0.15, -0.1) is 0 Å². The number of para-hydroxylation sites is 1. The predicted octanol–water partition coefficient (Wildman–Crippen LogP) is 3.58. The summed E-state index contributed by atoms with van der Waals surface area (Å²) in [5, 5.41) is 11.4. The fourth-order valence-electron chi connectivity index (χ4n) is 2.55. The van der Waals surface area contributed by atoms with E-state index in [-0.39, 0.29) is 18.1 Å². The van der Waals surface area contributed by atoms with Crippen LogP contribution in [0.2, 0.25) is 0 Å². The summed E-state index contributed by atoms with van der Waals surface area (Å²) in [6, 6.07) is 14.1. The minimum atomic E-state index is -0.798. The second-order valence-electron chi connectivity index (χ2n) is 5.65. The van der Waals surface area contributed by atoms with Gasteiger partial charge in [-0.3, -0.25) is 4.79 Å². The summed E-state index contributed by atoms with van der Waals surface area (Å²) >= 11 is 0. The molecule has 0 spiro atoms. The van der Waals surface area contributed by atoms with Gasteiger partial charge in [0.2, 0.25) is 0 Å². The molecule has 0 saturated heterocycles. The van der Waals surface area contributed by atoms with E-state index in [0.29, 0.717) is 28.0 Å².